The third-order valence-corrected chi connectivity index (χ3v) is 2.20. The summed E-state index contributed by atoms with van der Waals surface area (Å²) >= 11 is 0. The zero-order chi connectivity index (χ0) is 11.1. The standard InChI is InChI=1S/C9H18N4O2/c10-8(11)2-1-3-12-9(14)13-4-6-15-7-5-13/h1-7H2,(H3,10,11)(H,12,14). The second-order valence-corrected chi connectivity index (χ2v) is 3.46. The lowest BCUT2D eigenvalue weighted by molar-refractivity contribution is 0.0532. The molecular weight excluding hydrogens is 196 g/mol. The van der Waals surface area contributed by atoms with Gasteiger partial charge in [0.25, 0.3) is 0 Å². The minimum atomic E-state index is -0.0538. The topological polar surface area (TPSA) is 91.4 Å². The Morgan fingerprint density at radius 3 is 2.73 bits per heavy atom. The molecule has 1 aliphatic rings. The van der Waals surface area contributed by atoms with Gasteiger partial charge in [0.05, 0.1) is 19.0 Å². The van der Waals surface area contributed by atoms with E-state index in [0.29, 0.717) is 45.7 Å². The van der Waals surface area contributed by atoms with Crippen molar-refractivity contribution in [2.24, 2.45) is 5.73 Å². The van der Waals surface area contributed by atoms with Gasteiger partial charge in [-0.15, -0.1) is 0 Å². The number of urea groups is 1. The summed E-state index contributed by atoms with van der Waals surface area (Å²) in [5, 5.41) is 9.80. The van der Waals surface area contributed by atoms with Crippen molar-refractivity contribution in [1.82, 2.24) is 10.2 Å². The van der Waals surface area contributed by atoms with Crippen LogP contribution in [0.1, 0.15) is 12.8 Å². The quantitative estimate of drug-likeness (QED) is 0.342. The number of nitrogens with one attached hydrogen (secondary N) is 2. The first-order chi connectivity index (χ1) is 7.20. The van der Waals surface area contributed by atoms with E-state index in [-0.39, 0.29) is 11.9 Å². The minimum Gasteiger partial charge on any atom is -0.388 e. The van der Waals surface area contributed by atoms with Crippen molar-refractivity contribution in [1.29, 1.82) is 5.41 Å². The van der Waals surface area contributed by atoms with Crippen LogP contribution in [0.2, 0.25) is 0 Å². The molecule has 0 bridgehead atoms. The number of nitrogens with two attached hydrogens (primary N) is 1. The van der Waals surface area contributed by atoms with Gasteiger partial charge in [-0.1, -0.05) is 0 Å². The second-order valence-electron chi connectivity index (χ2n) is 3.46. The van der Waals surface area contributed by atoms with Crippen molar-refractivity contribution in [3.63, 3.8) is 0 Å². The van der Waals surface area contributed by atoms with Gasteiger partial charge in [0.2, 0.25) is 0 Å². The molecule has 15 heavy (non-hydrogen) atoms. The highest BCUT2D eigenvalue weighted by atomic mass is 16.5. The lowest BCUT2D eigenvalue weighted by Gasteiger charge is -2.26. The van der Waals surface area contributed by atoms with Crippen molar-refractivity contribution in [3.8, 4) is 0 Å². The van der Waals surface area contributed by atoms with E-state index in [1.807, 2.05) is 0 Å². The number of hydrogen-bond acceptors (Lipinski definition) is 3. The van der Waals surface area contributed by atoms with Crippen molar-refractivity contribution in [2.45, 2.75) is 12.8 Å². The van der Waals surface area contributed by atoms with E-state index in [1.165, 1.54) is 0 Å². The molecule has 1 aliphatic heterocycles. The molecule has 4 N–H and O–H groups in total. The van der Waals surface area contributed by atoms with E-state index < -0.39 is 0 Å². The van der Waals surface area contributed by atoms with Crippen LogP contribution in [-0.2, 0) is 4.74 Å². The summed E-state index contributed by atoms with van der Waals surface area (Å²) in [6.07, 6.45) is 1.24. The first-order valence-electron chi connectivity index (χ1n) is 5.13. The van der Waals surface area contributed by atoms with Crippen LogP contribution >= 0.6 is 0 Å². The third kappa shape index (κ3) is 4.64. The number of amidine groups is 1. The number of carbonyl (C=O) groups is 1. The number of rotatable bonds is 4. The average molecular weight is 214 g/mol. The van der Waals surface area contributed by atoms with E-state index >= 15 is 0 Å². The van der Waals surface area contributed by atoms with Gasteiger partial charge in [-0.2, -0.15) is 0 Å². The Morgan fingerprint density at radius 2 is 2.13 bits per heavy atom. The maximum atomic E-state index is 11.5. The van der Waals surface area contributed by atoms with Gasteiger partial charge >= 0.3 is 6.03 Å². The Balaban J connectivity index is 2.09. The van der Waals surface area contributed by atoms with Crippen molar-refractivity contribution in [2.75, 3.05) is 32.8 Å². The SMILES string of the molecule is N=C(N)CCCNC(=O)N1CCOCC1. The number of amides is 2. The number of nitrogens with zero attached hydrogens (tertiary/aromatic N) is 1. The molecule has 0 aliphatic carbocycles. The van der Waals surface area contributed by atoms with E-state index in [2.05, 4.69) is 5.32 Å². The molecule has 6 heteroatoms. The van der Waals surface area contributed by atoms with E-state index in [9.17, 15) is 4.79 Å². The minimum absolute atomic E-state index is 0.0538. The molecular formula is C9H18N4O2. The van der Waals surface area contributed by atoms with E-state index in [1.54, 1.807) is 4.90 Å². The van der Waals surface area contributed by atoms with Gasteiger partial charge in [-0.05, 0) is 6.42 Å². The first kappa shape index (κ1) is 11.8. The number of carbonyl (C=O) groups excluding carboxylic acids is 1. The Morgan fingerprint density at radius 1 is 1.47 bits per heavy atom. The van der Waals surface area contributed by atoms with Crippen LogP contribution in [-0.4, -0.2) is 49.6 Å². The summed E-state index contributed by atoms with van der Waals surface area (Å²) in [5.41, 5.74) is 5.20. The van der Waals surface area contributed by atoms with Gasteiger partial charge in [0.15, 0.2) is 0 Å². The molecule has 1 heterocycles. The molecule has 0 radical (unpaired) electrons. The lowest BCUT2D eigenvalue weighted by Crippen LogP contribution is -2.46. The van der Waals surface area contributed by atoms with Crippen LogP contribution in [0.4, 0.5) is 4.79 Å². The van der Waals surface area contributed by atoms with Crippen LogP contribution < -0.4 is 11.1 Å². The van der Waals surface area contributed by atoms with Crippen LogP contribution in [0.3, 0.4) is 0 Å². The molecule has 0 unspecified atom stereocenters. The largest absolute Gasteiger partial charge is 0.388 e. The summed E-state index contributed by atoms with van der Waals surface area (Å²) in [7, 11) is 0. The highest BCUT2D eigenvalue weighted by Crippen LogP contribution is 1.97. The first-order valence-corrected chi connectivity index (χ1v) is 5.13. The monoisotopic (exact) mass is 214 g/mol. The predicted octanol–water partition coefficient (Wildman–Crippen LogP) is -0.256. The third-order valence-electron chi connectivity index (χ3n) is 2.20. The lowest BCUT2D eigenvalue weighted by atomic mass is 10.3. The van der Waals surface area contributed by atoms with Crippen molar-refractivity contribution in [3.05, 3.63) is 0 Å². The molecule has 0 saturated carbocycles. The molecule has 6 nitrogen and oxygen atoms in total. The Bertz CT molecular complexity index is 226. The smallest absolute Gasteiger partial charge is 0.317 e. The Kier molecular flexibility index (Phi) is 4.89. The number of hydrogen-bond donors (Lipinski definition) is 3. The van der Waals surface area contributed by atoms with Crippen LogP contribution in [0, 0.1) is 5.41 Å². The van der Waals surface area contributed by atoms with Gasteiger partial charge in [-0.3, -0.25) is 5.41 Å². The van der Waals surface area contributed by atoms with Gasteiger partial charge in [0, 0.05) is 26.1 Å². The van der Waals surface area contributed by atoms with Crippen LogP contribution in [0.25, 0.3) is 0 Å². The van der Waals surface area contributed by atoms with Gasteiger partial charge < -0.3 is 20.7 Å². The summed E-state index contributed by atoms with van der Waals surface area (Å²) in [6, 6.07) is -0.0538. The summed E-state index contributed by atoms with van der Waals surface area (Å²) in [5.74, 6) is 0.163. The van der Waals surface area contributed by atoms with Gasteiger partial charge in [0.1, 0.15) is 0 Å². The zero-order valence-electron chi connectivity index (χ0n) is 8.79. The molecule has 0 aromatic rings. The fourth-order valence-corrected chi connectivity index (χ4v) is 1.35. The maximum absolute atomic E-state index is 11.5. The number of ether oxygens (including phenoxy) is 1. The predicted molar refractivity (Wildman–Crippen MR) is 56.9 cm³/mol. The normalized spacial score (nSPS) is 16.1. The Labute approximate surface area is 89.3 Å². The second kappa shape index (κ2) is 6.23. The van der Waals surface area contributed by atoms with Crippen LogP contribution in [0.5, 0.6) is 0 Å². The van der Waals surface area contributed by atoms with E-state index in [4.69, 9.17) is 15.9 Å². The molecule has 86 valence electrons. The average Bonchev–Trinajstić information content (AvgIpc) is 2.25. The summed E-state index contributed by atoms with van der Waals surface area (Å²) in [4.78, 5) is 13.3. The fourth-order valence-electron chi connectivity index (χ4n) is 1.35. The van der Waals surface area contributed by atoms with Gasteiger partial charge in [-0.25, -0.2) is 4.79 Å². The summed E-state index contributed by atoms with van der Waals surface area (Å²) in [6.45, 7) is 3.09. The Hall–Kier alpha value is -1.30. The zero-order valence-corrected chi connectivity index (χ0v) is 8.79. The molecule has 1 rings (SSSR count). The van der Waals surface area contributed by atoms with Crippen molar-refractivity contribution < 1.29 is 9.53 Å². The van der Waals surface area contributed by atoms with E-state index in [0.717, 1.165) is 0 Å². The molecule has 2 amide bonds. The molecule has 0 aromatic carbocycles. The molecule has 0 atom stereocenters. The number of morpholine rings is 1. The van der Waals surface area contributed by atoms with Crippen molar-refractivity contribution >= 4 is 11.9 Å². The highest BCUT2D eigenvalue weighted by Gasteiger charge is 2.15. The molecule has 1 saturated heterocycles. The highest BCUT2D eigenvalue weighted by molar-refractivity contribution is 5.77. The molecule has 1 fully saturated rings. The molecule has 0 spiro atoms. The maximum Gasteiger partial charge on any atom is 0.317 e. The fraction of sp³-hybridized carbons (Fsp3) is 0.778. The van der Waals surface area contributed by atoms with Crippen LogP contribution in [0.15, 0.2) is 0 Å². The molecule has 0 aromatic heterocycles. The summed E-state index contributed by atoms with van der Waals surface area (Å²) < 4.78 is 5.14.